The van der Waals surface area contributed by atoms with Gasteiger partial charge >= 0.3 is 11.7 Å². The fourth-order valence-corrected chi connectivity index (χ4v) is 2.75. The minimum Gasteiger partial charge on any atom is -0.479 e. The number of aromatic nitrogens is 3. The van der Waals surface area contributed by atoms with Gasteiger partial charge in [0.25, 0.3) is 11.5 Å². The lowest BCUT2D eigenvalue weighted by Gasteiger charge is -2.15. The summed E-state index contributed by atoms with van der Waals surface area (Å²) in [5.41, 5.74) is -0.617. The maximum absolute atomic E-state index is 12.8. The predicted octanol–water partition coefficient (Wildman–Crippen LogP) is 0.448. The van der Waals surface area contributed by atoms with E-state index in [9.17, 15) is 19.2 Å². The molecule has 10 nitrogen and oxygen atoms in total. The zero-order valence-electron chi connectivity index (χ0n) is 16.2. The molecule has 1 atom stereocenters. The summed E-state index contributed by atoms with van der Waals surface area (Å²) in [6.45, 7) is 5.66. The predicted molar refractivity (Wildman–Crippen MR) is 102 cm³/mol. The van der Waals surface area contributed by atoms with Gasteiger partial charge in [0.05, 0.1) is 17.5 Å². The fourth-order valence-electron chi connectivity index (χ4n) is 2.75. The summed E-state index contributed by atoms with van der Waals surface area (Å²) in [4.78, 5) is 55.2. The first-order valence-corrected chi connectivity index (χ1v) is 8.92. The molecule has 2 rings (SSSR count). The maximum atomic E-state index is 12.8. The summed E-state index contributed by atoms with van der Waals surface area (Å²) in [6, 6.07) is 1.49. The third-order valence-electron chi connectivity index (χ3n) is 4.26. The Hall–Kier alpha value is -3.01. The molecule has 1 amide bonds. The van der Waals surface area contributed by atoms with Crippen molar-refractivity contribution in [3.8, 4) is 0 Å². The second-order valence-electron chi connectivity index (χ2n) is 6.63. The Labute approximate surface area is 160 Å². The molecule has 0 spiro atoms. The highest BCUT2D eigenvalue weighted by Gasteiger charge is 2.22. The Balaban J connectivity index is 2.65. The summed E-state index contributed by atoms with van der Waals surface area (Å²) in [7, 11) is 1.22. The minimum absolute atomic E-state index is 0.0146. The van der Waals surface area contributed by atoms with Crippen molar-refractivity contribution in [1.29, 1.82) is 0 Å². The van der Waals surface area contributed by atoms with Crippen LogP contribution in [-0.4, -0.2) is 51.3 Å². The summed E-state index contributed by atoms with van der Waals surface area (Å²) < 4.78 is 6.13. The molecule has 1 unspecified atom stereocenters. The van der Waals surface area contributed by atoms with Crippen LogP contribution in [0.25, 0.3) is 11.0 Å². The number of rotatable bonds is 8. The maximum Gasteiger partial charge on any atom is 0.334 e. The highest BCUT2D eigenvalue weighted by Crippen LogP contribution is 2.19. The van der Waals surface area contributed by atoms with Crippen molar-refractivity contribution in [3.63, 3.8) is 0 Å². The molecule has 0 aromatic carbocycles. The van der Waals surface area contributed by atoms with Gasteiger partial charge in [0.15, 0.2) is 11.8 Å². The normalized spacial score (nSPS) is 12.3. The number of carboxylic acid groups (broad SMARTS) is 1. The van der Waals surface area contributed by atoms with Crippen LogP contribution in [0, 0.1) is 0 Å². The minimum atomic E-state index is -1.22. The number of fused-ring (bicyclic) bond motifs is 1. The van der Waals surface area contributed by atoms with Crippen molar-refractivity contribution < 1.29 is 19.4 Å². The van der Waals surface area contributed by atoms with Crippen molar-refractivity contribution in [1.82, 2.24) is 19.9 Å². The van der Waals surface area contributed by atoms with E-state index in [2.05, 4.69) is 15.3 Å². The number of nitrogens with one attached hydrogen (secondary N) is 2. The molecule has 2 heterocycles. The molecule has 0 aliphatic carbocycles. The zero-order chi connectivity index (χ0) is 21.0. The first kappa shape index (κ1) is 21.3. The number of carboxylic acids is 1. The van der Waals surface area contributed by atoms with Gasteiger partial charge in [-0.05, 0) is 18.4 Å². The monoisotopic (exact) mass is 392 g/mol. The van der Waals surface area contributed by atoms with Crippen LogP contribution in [0.2, 0.25) is 0 Å². The smallest absolute Gasteiger partial charge is 0.334 e. The number of aliphatic carboxylic acids is 1. The van der Waals surface area contributed by atoms with Gasteiger partial charge in [-0.15, -0.1) is 0 Å². The first-order chi connectivity index (χ1) is 13.2. The van der Waals surface area contributed by atoms with Gasteiger partial charge in [-0.25, -0.2) is 14.6 Å². The Morgan fingerprint density at radius 2 is 2.04 bits per heavy atom. The van der Waals surface area contributed by atoms with Gasteiger partial charge in [-0.1, -0.05) is 20.8 Å². The number of methoxy groups -OCH3 is 1. The van der Waals surface area contributed by atoms with Crippen molar-refractivity contribution in [3.05, 3.63) is 38.2 Å². The SMILES string of the molecule is CCCn1c(=O)[nH]c(=O)c2c(C(=O)NCC(OC)C(=O)O)cc(C(C)C)nc21. The van der Waals surface area contributed by atoms with Crippen LogP contribution < -0.4 is 16.6 Å². The topological polar surface area (TPSA) is 143 Å². The quantitative estimate of drug-likeness (QED) is 0.591. The molecule has 0 aliphatic heterocycles. The summed E-state index contributed by atoms with van der Waals surface area (Å²) in [5.74, 6) is -1.93. The van der Waals surface area contributed by atoms with E-state index >= 15 is 0 Å². The Bertz CT molecular complexity index is 1010. The summed E-state index contributed by atoms with van der Waals surface area (Å²) >= 11 is 0. The number of hydrogen-bond acceptors (Lipinski definition) is 6. The van der Waals surface area contributed by atoms with Crippen LogP contribution >= 0.6 is 0 Å². The largest absolute Gasteiger partial charge is 0.479 e. The van der Waals surface area contributed by atoms with Gasteiger partial charge in [0, 0.05) is 19.3 Å². The van der Waals surface area contributed by atoms with Crippen LogP contribution in [0.4, 0.5) is 0 Å². The van der Waals surface area contributed by atoms with E-state index in [1.54, 1.807) is 0 Å². The molecule has 0 saturated carbocycles. The molecule has 152 valence electrons. The number of nitrogens with zero attached hydrogens (tertiary/aromatic N) is 2. The third kappa shape index (κ3) is 4.28. The van der Waals surface area contributed by atoms with E-state index in [4.69, 9.17) is 9.84 Å². The number of carbonyl (C=O) groups is 2. The van der Waals surface area contributed by atoms with Crippen LogP contribution in [0.3, 0.4) is 0 Å². The number of H-pyrrole nitrogens is 1. The molecular formula is C18H24N4O6. The van der Waals surface area contributed by atoms with Gasteiger partial charge in [-0.2, -0.15) is 0 Å². The first-order valence-electron chi connectivity index (χ1n) is 8.92. The molecule has 2 aromatic rings. The van der Waals surface area contributed by atoms with Gasteiger partial charge in [0.1, 0.15) is 0 Å². The number of hydrogen-bond donors (Lipinski definition) is 3. The molecule has 28 heavy (non-hydrogen) atoms. The standard InChI is InChI=1S/C18H24N4O6/c1-5-6-22-14-13(16(24)21-18(22)27)10(7-11(20-14)9(2)3)15(23)19-8-12(28-4)17(25)26/h7,9,12H,5-6,8H2,1-4H3,(H,19,23)(H,25,26)(H,21,24,27). The second-order valence-corrected chi connectivity index (χ2v) is 6.63. The van der Waals surface area contributed by atoms with Crippen LogP contribution in [0.5, 0.6) is 0 Å². The van der Waals surface area contributed by atoms with Gasteiger partial charge in [-0.3, -0.25) is 19.1 Å². The van der Waals surface area contributed by atoms with Gasteiger partial charge in [0.2, 0.25) is 0 Å². The third-order valence-corrected chi connectivity index (χ3v) is 4.26. The second kappa shape index (κ2) is 8.79. The number of pyridine rings is 1. The molecule has 0 aliphatic rings. The zero-order valence-corrected chi connectivity index (χ0v) is 16.2. The van der Waals surface area contributed by atoms with Crippen molar-refractivity contribution in [2.75, 3.05) is 13.7 Å². The van der Waals surface area contributed by atoms with Crippen molar-refractivity contribution >= 4 is 22.9 Å². The lowest BCUT2D eigenvalue weighted by molar-refractivity contribution is -0.148. The van der Waals surface area contributed by atoms with Crippen LogP contribution in [0.1, 0.15) is 49.2 Å². The highest BCUT2D eigenvalue weighted by atomic mass is 16.5. The fraction of sp³-hybridized carbons (Fsp3) is 0.500. The van der Waals surface area contributed by atoms with Crippen molar-refractivity contribution in [2.24, 2.45) is 0 Å². The van der Waals surface area contributed by atoms with Crippen molar-refractivity contribution in [2.45, 2.75) is 45.8 Å². The van der Waals surface area contributed by atoms with E-state index < -0.39 is 29.2 Å². The van der Waals surface area contributed by atoms with E-state index in [0.717, 1.165) is 0 Å². The molecule has 0 saturated heterocycles. The number of carbonyl (C=O) groups excluding carboxylic acids is 1. The summed E-state index contributed by atoms with van der Waals surface area (Å²) in [5, 5.41) is 11.5. The highest BCUT2D eigenvalue weighted by molar-refractivity contribution is 6.05. The molecule has 2 aromatic heterocycles. The molecular weight excluding hydrogens is 368 g/mol. The molecule has 0 bridgehead atoms. The van der Waals surface area contributed by atoms with Crippen LogP contribution in [0.15, 0.2) is 15.7 Å². The number of aromatic amines is 1. The van der Waals surface area contributed by atoms with E-state index in [1.165, 1.54) is 17.7 Å². The average Bonchev–Trinajstić information content (AvgIpc) is 2.63. The van der Waals surface area contributed by atoms with E-state index in [-0.39, 0.29) is 29.1 Å². The number of aryl methyl sites for hydroxylation is 1. The van der Waals surface area contributed by atoms with E-state index in [1.807, 2.05) is 20.8 Å². The number of amides is 1. The average molecular weight is 392 g/mol. The van der Waals surface area contributed by atoms with E-state index in [0.29, 0.717) is 18.7 Å². The Morgan fingerprint density at radius 1 is 1.36 bits per heavy atom. The Morgan fingerprint density at radius 3 is 2.57 bits per heavy atom. The molecule has 3 N–H and O–H groups in total. The Kier molecular flexibility index (Phi) is 6.68. The summed E-state index contributed by atoms with van der Waals surface area (Å²) in [6.07, 6.45) is -0.595. The lowest BCUT2D eigenvalue weighted by Crippen LogP contribution is -2.39. The van der Waals surface area contributed by atoms with Gasteiger partial charge < -0.3 is 15.2 Å². The lowest BCUT2D eigenvalue weighted by atomic mass is 10.0. The van der Waals surface area contributed by atoms with Crippen LogP contribution in [-0.2, 0) is 16.1 Å². The number of ether oxygens (including phenoxy) is 1. The molecule has 10 heteroatoms. The molecule has 0 radical (unpaired) electrons. The molecule has 0 fully saturated rings.